The zero-order valence-corrected chi connectivity index (χ0v) is 19.7. The van der Waals surface area contributed by atoms with E-state index in [4.69, 9.17) is 17.3 Å². The van der Waals surface area contributed by atoms with Crippen molar-refractivity contribution in [1.29, 1.82) is 0 Å². The second-order valence-corrected chi connectivity index (χ2v) is 12.4. The third kappa shape index (κ3) is 3.56. The van der Waals surface area contributed by atoms with Gasteiger partial charge in [-0.3, -0.25) is 9.59 Å². The maximum atomic E-state index is 13.3. The summed E-state index contributed by atoms with van der Waals surface area (Å²) in [4.78, 5) is 25.5. The van der Waals surface area contributed by atoms with Crippen LogP contribution in [0.4, 0.5) is 0 Å². The van der Waals surface area contributed by atoms with Crippen molar-refractivity contribution in [3.63, 3.8) is 0 Å². The molecule has 0 aromatic heterocycles. The van der Waals surface area contributed by atoms with Crippen LogP contribution in [0.2, 0.25) is 5.02 Å². The summed E-state index contributed by atoms with van der Waals surface area (Å²) in [6, 6.07) is 6.14. The lowest BCUT2D eigenvalue weighted by molar-refractivity contribution is -0.148. The van der Waals surface area contributed by atoms with Crippen molar-refractivity contribution in [2.24, 2.45) is 28.9 Å². The van der Waals surface area contributed by atoms with Crippen molar-refractivity contribution in [3.05, 3.63) is 29.3 Å². The number of rotatable bonds is 6. The fraction of sp³-hybridized carbons (Fsp3) is 0.636. The van der Waals surface area contributed by atoms with Crippen LogP contribution in [0, 0.1) is 23.2 Å². The Hall–Kier alpha value is -1.64. The number of hydrogen-bond donors (Lipinski definition) is 2. The molecule has 0 saturated heterocycles. The van der Waals surface area contributed by atoms with E-state index < -0.39 is 21.0 Å². The molecule has 1 aromatic carbocycles. The van der Waals surface area contributed by atoms with Gasteiger partial charge in [-0.25, -0.2) is 8.42 Å². The first-order chi connectivity index (χ1) is 14.4. The second kappa shape index (κ2) is 7.46. The summed E-state index contributed by atoms with van der Waals surface area (Å²) in [7, 11) is -2.58. The molecule has 170 valence electrons. The Morgan fingerprint density at radius 3 is 2.29 bits per heavy atom. The van der Waals surface area contributed by atoms with Crippen LogP contribution >= 0.6 is 11.6 Å². The smallest absolute Gasteiger partial charge is 0.245 e. The molecule has 0 radical (unpaired) electrons. The van der Waals surface area contributed by atoms with Gasteiger partial charge in [-0.1, -0.05) is 23.7 Å². The van der Waals surface area contributed by atoms with Crippen molar-refractivity contribution < 1.29 is 18.0 Å². The number of nitrogens with two attached hydrogens (primary N) is 1. The highest BCUT2D eigenvalue weighted by atomic mass is 35.5. The van der Waals surface area contributed by atoms with E-state index in [-0.39, 0.29) is 39.6 Å². The molecule has 2 unspecified atom stereocenters. The standard InChI is InChI=1S/C22H30ClN3O4S/c1-21(2,26(3)31(29,30)17-7-5-4-6-16(17)23)20(28)25-18-14-8-13-9-15(18)12-22(10-13,11-14)19(24)27/h4-7,13-15,18H,8-12H2,1-3H3,(H2,24,27)(H,25,28). The van der Waals surface area contributed by atoms with Crippen molar-refractivity contribution in [2.45, 2.75) is 62.4 Å². The number of primary amides is 1. The van der Waals surface area contributed by atoms with Crippen molar-refractivity contribution in [1.82, 2.24) is 9.62 Å². The van der Waals surface area contributed by atoms with Gasteiger partial charge >= 0.3 is 0 Å². The molecule has 7 nitrogen and oxygen atoms in total. The third-order valence-electron chi connectivity index (χ3n) is 7.91. The van der Waals surface area contributed by atoms with E-state index >= 15 is 0 Å². The Kier molecular flexibility index (Phi) is 5.42. The monoisotopic (exact) mass is 467 g/mol. The van der Waals surface area contributed by atoms with Gasteiger partial charge in [-0.15, -0.1) is 0 Å². The Bertz CT molecular complexity index is 1010. The summed E-state index contributed by atoms with van der Waals surface area (Å²) < 4.78 is 27.4. The Morgan fingerprint density at radius 1 is 1.16 bits per heavy atom. The van der Waals surface area contributed by atoms with Crippen molar-refractivity contribution >= 4 is 33.4 Å². The van der Waals surface area contributed by atoms with Gasteiger partial charge in [-0.2, -0.15) is 4.31 Å². The number of carbonyl (C=O) groups excluding carboxylic acids is 2. The van der Waals surface area contributed by atoms with Gasteiger partial charge in [0.25, 0.3) is 0 Å². The zero-order chi connectivity index (χ0) is 22.8. The largest absolute Gasteiger partial charge is 0.369 e. The molecule has 31 heavy (non-hydrogen) atoms. The Morgan fingerprint density at radius 2 is 1.74 bits per heavy atom. The van der Waals surface area contributed by atoms with Gasteiger partial charge in [-0.05, 0) is 75.8 Å². The lowest BCUT2D eigenvalue weighted by Crippen LogP contribution is -2.65. The van der Waals surface area contributed by atoms with Crippen LogP contribution in [-0.4, -0.2) is 43.2 Å². The molecule has 1 aromatic rings. The molecule has 4 fully saturated rings. The number of halogens is 1. The summed E-state index contributed by atoms with van der Waals surface area (Å²) in [5, 5.41) is 3.26. The number of benzene rings is 1. The van der Waals surface area contributed by atoms with Gasteiger partial charge in [0, 0.05) is 18.5 Å². The minimum atomic E-state index is -3.98. The quantitative estimate of drug-likeness (QED) is 0.669. The molecule has 9 heteroatoms. The average Bonchev–Trinajstić information content (AvgIpc) is 2.69. The van der Waals surface area contributed by atoms with Gasteiger partial charge in [0.05, 0.1) is 5.02 Å². The number of carbonyl (C=O) groups is 2. The molecule has 4 aliphatic rings. The third-order valence-corrected chi connectivity index (χ3v) is 10.4. The Labute approximate surface area is 188 Å². The zero-order valence-electron chi connectivity index (χ0n) is 18.1. The predicted octanol–water partition coefficient (Wildman–Crippen LogP) is 2.54. The van der Waals surface area contributed by atoms with Gasteiger partial charge < -0.3 is 11.1 Å². The van der Waals surface area contributed by atoms with Crippen LogP contribution in [0.3, 0.4) is 0 Å². The fourth-order valence-electron chi connectivity index (χ4n) is 6.13. The van der Waals surface area contributed by atoms with E-state index in [9.17, 15) is 18.0 Å². The molecule has 0 aliphatic heterocycles. The first kappa shape index (κ1) is 22.6. The fourth-order valence-corrected chi connectivity index (χ4v) is 8.11. The normalized spacial score (nSPS) is 32.3. The van der Waals surface area contributed by atoms with Crippen LogP contribution in [-0.2, 0) is 19.6 Å². The number of nitrogens with zero attached hydrogens (tertiary/aromatic N) is 1. The van der Waals surface area contributed by atoms with Crippen LogP contribution in [0.25, 0.3) is 0 Å². The molecule has 2 amide bonds. The maximum absolute atomic E-state index is 13.3. The maximum Gasteiger partial charge on any atom is 0.245 e. The van der Waals surface area contributed by atoms with E-state index in [0.717, 1.165) is 23.6 Å². The minimum Gasteiger partial charge on any atom is -0.369 e. The van der Waals surface area contributed by atoms with E-state index in [1.807, 2.05) is 0 Å². The van der Waals surface area contributed by atoms with Gasteiger partial charge in [0.1, 0.15) is 10.4 Å². The van der Waals surface area contributed by atoms with Gasteiger partial charge in [0.15, 0.2) is 0 Å². The average molecular weight is 468 g/mol. The molecule has 3 N–H and O–H groups in total. The summed E-state index contributed by atoms with van der Waals surface area (Å²) >= 11 is 6.11. The van der Waals surface area contributed by atoms with Gasteiger partial charge in [0.2, 0.25) is 21.8 Å². The second-order valence-electron chi connectivity index (χ2n) is 10.1. The van der Waals surface area contributed by atoms with Crippen LogP contribution in [0.5, 0.6) is 0 Å². The molecule has 2 atom stereocenters. The summed E-state index contributed by atoms with van der Waals surface area (Å²) in [5.74, 6) is 0.307. The Balaban J connectivity index is 1.53. The van der Waals surface area contributed by atoms with E-state index in [1.165, 1.54) is 19.2 Å². The number of amides is 2. The number of hydrogen-bond acceptors (Lipinski definition) is 4. The van der Waals surface area contributed by atoms with E-state index in [1.54, 1.807) is 26.0 Å². The molecule has 4 aliphatic carbocycles. The first-order valence-electron chi connectivity index (χ1n) is 10.7. The molecule has 4 saturated carbocycles. The number of sulfonamides is 1. The molecule has 4 bridgehead atoms. The SMILES string of the molecule is CN(C(C)(C)C(=O)NC1C2CC3CC1CC(C(N)=O)(C3)C2)S(=O)(=O)c1ccccc1Cl. The molecular weight excluding hydrogens is 438 g/mol. The highest BCUT2D eigenvalue weighted by Gasteiger charge is 2.58. The minimum absolute atomic E-state index is 0.0296. The molecular formula is C22H30ClN3O4S. The van der Waals surface area contributed by atoms with Crippen molar-refractivity contribution in [3.8, 4) is 0 Å². The topological polar surface area (TPSA) is 110 Å². The predicted molar refractivity (Wildman–Crippen MR) is 118 cm³/mol. The number of likely N-dealkylation sites (N-methyl/N-ethyl adjacent to an activating group) is 1. The van der Waals surface area contributed by atoms with Crippen molar-refractivity contribution in [2.75, 3.05) is 7.05 Å². The molecule has 5 rings (SSSR count). The number of nitrogens with one attached hydrogen (secondary N) is 1. The summed E-state index contributed by atoms with van der Waals surface area (Å²) in [6.45, 7) is 3.19. The highest BCUT2D eigenvalue weighted by molar-refractivity contribution is 7.89. The van der Waals surface area contributed by atoms with Crippen LogP contribution in [0.15, 0.2) is 29.2 Å². The summed E-state index contributed by atoms with van der Waals surface area (Å²) in [6.07, 6.45) is 4.22. The molecule has 0 heterocycles. The summed E-state index contributed by atoms with van der Waals surface area (Å²) in [5.41, 5.74) is 3.99. The van der Waals surface area contributed by atoms with Crippen LogP contribution in [0.1, 0.15) is 46.0 Å². The lowest BCUT2D eigenvalue weighted by Gasteiger charge is -2.59. The van der Waals surface area contributed by atoms with E-state index in [0.29, 0.717) is 18.8 Å². The highest BCUT2D eigenvalue weighted by Crippen LogP contribution is 2.60. The lowest BCUT2D eigenvalue weighted by atomic mass is 9.47. The first-order valence-corrected chi connectivity index (χ1v) is 12.5. The van der Waals surface area contributed by atoms with Crippen LogP contribution < -0.4 is 11.1 Å². The molecule has 0 spiro atoms. The van der Waals surface area contributed by atoms with E-state index in [2.05, 4.69) is 5.32 Å².